The number of anilines is 1. The van der Waals surface area contributed by atoms with Gasteiger partial charge in [-0.15, -0.1) is 11.3 Å². The van der Waals surface area contributed by atoms with Crippen LogP contribution in [0.4, 0.5) is 10.5 Å². The minimum atomic E-state index is -0.460. The molecule has 0 spiro atoms. The van der Waals surface area contributed by atoms with E-state index in [1.165, 1.54) is 20.8 Å². The summed E-state index contributed by atoms with van der Waals surface area (Å²) in [5.41, 5.74) is 7.31. The van der Waals surface area contributed by atoms with Gasteiger partial charge in [-0.25, -0.2) is 4.79 Å². The lowest BCUT2D eigenvalue weighted by Crippen LogP contribution is -2.25. The van der Waals surface area contributed by atoms with Gasteiger partial charge in [0.2, 0.25) is 0 Å². The number of Topliss-reactive ketones (excluding diaryl/α,β-unsaturated/α-hetero) is 1. The minimum absolute atomic E-state index is 0.0188. The Bertz CT molecular complexity index is 1270. The van der Waals surface area contributed by atoms with Gasteiger partial charge in [-0.1, -0.05) is 11.6 Å². The average Bonchev–Trinajstić information content (AvgIpc) is 3.42. The van der Waals surface area contributed by atoms with Crippen molar-refractivity contribution < 1.29 is 19.1 Å². The second kappa shape index (κ2) is 10.4. The second-order valence-electron chi connectivity index (χ2n) is 7.84. The Hall–Kier alpha value is -3.14. The number of ketones is 1. The zero-order chi connectivity index (χ0) is 24.2. The normalized spacial score (nSPS) is 15.4. The first-order chi connectivity index (χ1) is 16.4. The molecule has 4 rings (SSSR count). The topological polar surface area (TPSA) is 104 Å². The van der Waals surface area contributed by atoms with E-state index >= 15 is 0 Å². The van der Waals surface area contributed by atoms with E-state index in [9.17, 15) is 14.4 Å². The fraction of sp³-hybridized carbons (Fsp3) is 0.292. The van der Waals surface area contributed by atoms with E-state index in [0.717, 1.165) is 5.56 Å². The molecule has 2 aromatic heterocycles. The van der Waals surface area contributed by atoms with Crippen molar-refractivity contribution in [2.45, 2.75) is 25.9 Å². The number of pyridine rings is 1. The highest BCUT2D eigenvalue weighted by atomic mass is 35.5. The highest BCUT2D eigenvalue weighted by Crippen LogP contribution is 2.28. The molecule has 34 heavy (non-hydrogen) atoms. The maximum atomic E-state index is 12.8. The fourth-order valence-corrected chi connectivity index (χ4v) is 4.79. The number of benzene rings is 1. The van der Waals surface area contributed by atoms with E-state index in [-0.39, 0.29) is 36.2 Å². The predicted molar refractivity (Wildman–Crippen MR) is 132 cm³/mol. The van der Waals surface area contributed by atoms with E-state index in [1.54, 1.807) is 42.6 Å². The molecule has 2 N–H and O–H groups in total. The highest BCUT2D eigenvalue weighted by Gasteiger charge is 2.33. The smallest absolute Gasteiger partial charge is 0.414 e. The third-order valence-electron chi connectivity index (χ3n) is 5.45. The van der Waals surface area contributed by atoms with Crippen LogP contribution in [0.25, 0.3) is 5.69 Å². The minimum Gasteiger partial charge on any atom is -0.487 e. The van der Waals surface area contributed by atoms with Crippen LogP contribution in [0.5, 0.6) is 5.75 Å². The average molecular weight is 502 g/mol. The first kappa shape index (κ1) is 24.0. The summed E-state index contributed by atoms with van der Waals surface area (Å²) >= 11 is 7.14. The maximum Gasteiger partial charge on any atom is 0.414 e. The molecule has 3 aromatic rings. The van der Waals surface area contributed by atoms with E-state index in [4.69, 9.17) is 26.8 Å². The number of halogens is 1. The highest BCUT2D eigenvalue weighted by molar-refractivity contribution is 7.18. The molecule has 1 aliphatic heterocycles. The molecule has 10 heteroatoms. The van der Waals surface area contributed by atoms with Crippen molar-refractivity contribution in [1.29, 1.82) is 0 Å². The summed E-state index contributed by atoms with van der Waals surface area (Å²) in [4.78, 5) is 39.7. The van der Waals surface area contributed by atoms with Crippen molar-refractivity contribution >= 4 is 40.5 Å². The van der Waals surface area contributed by atoms with Crippen molar-refractivity contribution in [2.75, 3.05) is 24.6 Å². The quantitative estimate of drug-likeness (QED) is 0.441. The number of aryl methyl sites for hydroxylation is 1. The SMILES string of the molecule is Cc1cc(N2C[C@H](CCC(=O)c3ccc(Cl)s3)OC2=O)ccc1-n1cccc(OCCN)c1=O. The summed E-state index contributed by atoms with van der Waals surface area (Å²) in [6, 6.07) is 12.1. The van der Waals surface area contributed by atoms with Crippen molar-refractivity contribution in [2.24, 2.45) is 5.73 Å². The van der Waals surface area contributed by atoms with E-state index in [0.29, 0.717) is 40.1 Å². The number of hydrogen-bond donors (Lipinski definition) is 1. The van der Waals surface area contributed by atoms with E-state index in [2.05, 4.69) is 0 Å². The summed E-state index contributed by atoms with van der Waals surface area (Å²) in [6.45, 7) is 2.77. The molecule has 1 aliphatic rings. The van der Waals surface area contributed by atoms with Gasteiger partial charge in [-0.3, -0.25) is 19.1 Å². The third-order valence-corrected chi connectivity index (χ3v) is 6.73. The Morgan fingerprint density at radius 3 is 2.79 bits per heavy atom. The Morgan fingerprint density at radius 1 is 1.26 bits per heavy atom. The monoisotopic (exact) mass is 501 g/mol. The van der Waals surface area contributed by atoms with Gasteiger partial charge in [-0.2, -0.15) is 0 Å². The molecule has 178 valence electrons. The van der Waals surface area contributed by atoms with Crippen molar-refractivity contribution in [3.63, 3.8) is 0 Å². The van der Waals surface area contributed by atoms with Crippen LogP contribution in [0.15, 0.2) is 53.5 Å². The molecule has 1 fully saturated rings. The number of carbonyl (C=O) groups is 2. The van der Waals surface area contributed by atoms with Crippen molar-refractivity contribution in [1.82, 2.24) is 4.57 Å². The van der Waals surface area contributed by atoms with Crippen LogP contribution in [0.1, 0.15) is 28.1 Å². The molecule has 0 bridgehead atoms. The molecule has 0 aliphatic carbocycles. The molecule has 0 unspecified atom stereocenters. The van der Waals surface area contributed by atoms with Crippen LogP contribution in [-0.4, -0.2) is 42.2 Å². The molecule has 1 aromatic carbocycles. The van der Waals surface area contributed by atoms with Crippen molar-refractivity contribution in [3.8, 4) is 11.4 Å². The van der Waals surface area contributed by atoms with Gasteiger partial charge in [0.25, 0.3) is 5.56 Å². The number of carbonyl (C=O) groups excluding carboxylic acids is 2. The van der Waals surface area contributed by atoms with Crippen molar-refractivity contribution in [3.05, 3.63) is 73.8 Å². The number of amides is 1. The van der Waals surface area contributed by atoms with Gasteiger partial charge in [0.1, 0.15) is 12.7 Å². The molecule has 8 nitrogen and oxygen atoms in total. The van der Waals surface area contributed by atoms with Crippen LogP contribution in [0.3, 0.4) is 0 Å². The second-order valence-corrected chi connectivity index (χ2v) is 9.55. The standard InChI is InChI=1S/C24H24ClN3O5S/c1-15-13-16(4-6-18(15)27-11-2-3-20(23(27)30)32-12-10-26)28-14-17(33-24(28)31)5-7-19(29)21-8-9-22(25)34-21/h2-4,6,8-9,11,13,17H,5,7,10,12,14,26H2,1H3/t17-/m0/s1. The van der Waals surface area contributed by atoms with Gasteiger partial charge in [0, 0.05) is 24.8 Å². The summed E-state index contributed by atoms with van der Waals surface area (Å²) in [5.74, 6) is 0.205. The largest absolute Gasteiger partial charge is 0.487 e. The fourth-order valence-electron chi connectivity index (χ4n) is 3.78. The lowest BCUT2D eigenvalue weighted by Gasteiger charge is -2.17. The number of cyclic esters (lactones) is 1. The molecule has 0 saturated carbocycles. The summed E-state index contributed by atoms with van der Waals surface area (Å²) in [6.07, 6.45) is 1.52. The number of nitrogens with two attached hydrogens (primary N) is 1. The molecular weight excluding hydrogens is 478 g/mol. The maximum absolute atomic E-state index is 12.8. The molecule has 0 radical (unpaired) electrons. The Labute approximate surface area is 205 Å². The van der Waals surface area contributed by atoms with Crippen LogP contribution in [-0.2, 0) is 4.74 Å². The first-order valence-corrected chi connectivity index (χ1v) is 12.0. The van der Waals surface area contributed by atoms with Crippen LogP contribution >= 0.6 is 22.9 Å². The zero-order valence-electron chi connectivity index (χ0n) is 18.5. The Morgan fingerprint density at radius 2 is 2.09 bits per heavy atom. The molecule has 3 heterocycles. The lowest BCUT2D eigenvalue weighted by molar-refractivity contribution is 0.0943. The number of hydrogen-bond acceptors (Lipinski definition) is 7. The molecular formula is C24H24ClN3O5S. The molecule has 1 amide bonds. The van der Waals surface area contributed by atoms with Crippen LogP contribution in [0.2, 0.25) is 4.34 Å². The first-order valence-electron chi connectivity index (χ1n) is 10.8. The third kappa shape index (κ3) is 5.16. The number of rotatable bonds is 9. The number of thiophene rings is 1. The van der Waals surface area contributed by atoms with E-state index in [1.807, 2.05) is 13.0 Å². The van der Waals surface area contributed by atoms with Gasteiger partial charge in [0.15, 0.2) is 11.5 Å². The Kier molecular flexibility index (Phi) is 7.35. The van der Waals surface area contributed by atoms with Gasteiger partial charge in [0.05, 0.1) is 21.4 Å². The summed E-state index contributed by atoms with van der Waals surface area (Å²) in [5, 5.41) is 0. The van der Waals surface area contributed by atoms with Crippen LogP contribution in [0, 0.1) is 6.92 Å². The number of aromatic nitrogens is 1. The zero-order valence-corrected chi connectivity index (χ0v) is 20.1. The molecule has 1 saturated heterocycles. The Balaban J connectivity index is 1.45. The predicted octanol–water partition coefficient (Wildman–Crippen LogP) is 4.19. The van der Waals surface area contributed by atoms with Gasteiger partial charge >= 0.3 is 6.09 Å². The van der Waals surface area contributed by atoms with E-state index < -0.39 is 6.09 Å². The van der Waals surface area contributed by atoms with Gasteiger partial charge in [-0.05, 0) is 61.4 Å². The van der Waals surface area contributed by atoms with Crippen LogP contribution < -0.4 is 20.9 Å². The molecule has 1 atom stereocenters. The number of nitrogens with zero attached hydrogens (tertiary/aromatic N) is 2. The lowest BCUT2D eigenvalue weighted by atomic mass is 10.1. The summed E-state index contributed by atoms with van der Waals surface area (Å²) < 4.78 is 13.0. The van der Waals surface area contributed by atoms with Gasteiger partial charge < -0.3 is 15.2 Å². The summed E-state index contributed by atoms with van der Waals surface area (Å²) in [7, 11) is 0. The number of ether oxygens (including phenoxy) is 2.